The van der Waals surface area contributed by atoms with Gasteiger partial charge in [0.25, 0.3) is 0 Å². The Kier molecular flexibility index (Phi) is 7.60. The van der Waals surface area contributed by atoms with Gasteiger partial charge in [0.05, 0.1) is 0 Å². The summed E-state index contributed by atoms with van der Waals surface area (Å²) in [5.41, 5.74) is 0.446. The number of hydrogen-bond donors (Lipinski definition) is 1. The molecule has 0 fully saturated rings. The number of pyridine rings is 1. The standard InChI is InChI=1S/C17H11F3N2O.C11H6F2N.Ir/c18-17(19,20)15-9-10-22(21-15)16(23)13-7-3-1-5-11(13)12-6-2-4-8-14(12)16;12-8-4-5-9(10(13)7-8)11-3-1-2-6-14-11;/h1-10,23H;1-4,6-7H;/q;-1;. The smallest absolute Gasteiger partial charge is 0.362 e. The van der Waals surface area contributed by atoms with Crippen molar-refractivity contribution in [1.29, 1.82) is 0 Å². The Balaban J connectivity index is 0.000000193. The first-order valence-corrected chi connectivity index (χ1v) is 11.0. The van der Waals surface area contributed by atoms with Crippen LogP contribution in [0, 0.1) is 17.7 Å². The molecule has 10 heteroatoms. The molecular weight excluding hydrogens is 682 g/mol. The molecule has 5 aromatic rings. The first-order chi connectivity index (χ1) is 17.7. The van der Waals surface area contributed by atoms with Gasteiger partial charge in [-0.05, 0) is 29.0 Å². The summed E-state index contributed by atoms with van der Waals surface area (Å²) in [6.07, 6.45) is -1.85. The van der Waals surface area contributed by atoms with E-state index in [4.69, 9.17) is 0 Å². The number of nitrogens with zero attached hydrogens (tertiary/aromatic N) is 3. The van der Waals surface area contributed by atoms with Gasteiger partial charge < -0.3 is 10.1 Å². The van der Waals surface area contributed by atoms with Crippen molar-refractivity contribution in [3.63, 3.8) is 0 Å². The molecule has 1 aliphatic carbocycles. The molecule has 0 saturated heterocycles. The molecule has 0 atom stereocenters. The van der Waals surface area contributed by atoms with Crippen LogP contribution < -0.4 is 0 Å². The van der Waals surface area contributed by atoms with E-state index in [0.717, 1.165) is 40.2 Å². The van der Waals surface area contributed by atoms with Gasteiger partial charge in [0, 0.05) is 55.3 Å². The van der Waals surface area contributed by atoms with Crippen LogP contribution in [0.4, 0.5) is 22.0 Å². The number of alkyl halides is 3. The Labute approximate surface area is 227 Å². The normalized spacial score (nSPS) is 13.0. The van der Waals surface area contributed by atoms with E-state index >= 15 is 0 Å². The van der Waals surface area contributed by atoms with E-state index in [1.165, 1.54) is 0 Å². The zero-order valence-corrected chi connectivity index (χ0v) is 21.6. The molecule has 0 aliphatic heterocycles. The third-order valence-electron chi connectivity index (χ3n) is 5.89. The fourth-order valence-electron chi connectivity index (χ4n) is 4.24. The van der Waals surface area contributed by atoms with Crippen LogP contribution in [0.3, 0.4) is 0 Å². The molecular formula is C28H17F5IrN3O-. The molecule has 38 heavy (non-hydrogen) atoms. The number of fused-ring (bicyclic) bond motifs is 3. The van der Waals surface area contributed by atoms with E-state index in [2.05, 4.69) is 16.1 Å². The fourth-order valence-corrected chi connectivity index (χ4v) is 4.24. The summed E-state index contributed by atoms with van der Waals surface area (Å²) in [6.45, 7) is 0. The van der Waals surface area contributed by atoms with Crippen LogP contribution in [-0.4, -0.2) is 19.9 Å². The number of benzene rings is 3. The Morgan fingerprint density at radius 1 is 0.842 bits per heavy atom. The maximum absolute atomic E-state index is 13.2. The van der Waals surface area contributed by atoms with Crippen molar-refractivity contribution in [2.24, 2.45) is 0 Å². The Hall–Kier alpha value is -3.72. The van der Waals surface area contributed by atoms with Crippen LogP contribution in [0.1, 0.15) is 16.8 Å². The van der Waals surface area contributed by atoms with Crippen molar-refractivity contribution in [2.45, 2.75) is 11.9 Å². The minimum absolute atomic E-state index is 0. The predicted molar refractivity (Wildman–Crippen MR) is 126 cm³/mol. The molecule has 195 valence electrons. The summed E-state index contributed by atoms with van der Waals surface area (Å²) in [5.74, 6) is -1.29. The Bertz CT molecular complexity index is 1530. The Morgan fingerprint density at radius 3 is 1.97 bits per heavy atom. The van der Waals surface area contributed by atoms with Crippen molar-refractivity contribution in [3.05, 3.63) is 132 Å². The molecule has 2 heterocycles. The maximum atomic E-state index is 13.2. The minimum Gasteiger partial charge on any atom is -0.362 e. The zero-order valence-electron chi connectivity index (χ0n) is 19.2. The largest absolute Gasteiger partial charge is 0.435 e. The van der Waals surface area contributed by atoms with Gasteiger partial charge in [-0.1, -0.05) is 72.3 Å². The van der Waals surface area contributed by atoms with Crippen LogP contribution in [0.5, 0.6) is 0 Å². The SMILES string of the molecule is Fc1c[c-]c(-c2ccccn2)c(F)c1.OC1(n2ccc(C(F)(F)F)n2)c2ccccc2-c2ccccc21.[Ir]. The Morgan fingerprint density at radius 2 is 1.45 bits per heavy atom. The van der Waals surface area contributed by atoms with Gasteiger partial charge in [-0.25, -0.2) is 4.68 Å². The summed E-state index contributed by atoms with van der Waals surface area (Å²) < 4.78 is 65.3. The maximum Gasteiger partial charge on any atom is 0.435 e. The van der Waals surface area contributed by atoms with E-state index in [-0.39, 0.29) is 25.7 Å². The van der Waals surface area contributed by atoms with Crippen molar-refractivity contribution in [2.75, 3.05) is 0 Å². The summed E-state index contributed by atoms with van der Waals surface area (Å²) in [5, 5.41) is 14.9. The third kappa shape index (κ3) is 4.90. The van der Waals surface area contributed by atoms with E-state index < -0.39 is 29.2 Å². The van der Waals surface area contributed by atoms with Gasteiger partial charge in [0.15, 0.2) is 5.69 Å². The van der Waals surface area contributed by atoms with Gasteiger partial charge in [-0.3, -0.25) is 8.78 Å². The monoisotopic (exact) mass is 699 g/mol. The molecule has 1 N–H and O–H groups in total. The average molecular weight is 699 g/mol. The molecule has 0 bridgehead atoms. The van der Waals surface area contributed by atoms with Crippen molar-refractivity contribution < 1.29 is 47.2 Å². The molecule has 1 radical (unpaired) electrons. The predicted octanol–water partition coefficient (Wildman–Crippen LogP) is 6.45. The summed E-state index contributed by atoms with van der Waals surface area (Å²) >= 11 is 0. The van der Waals surface area contributed by atoms with Gasteiger partial charge >= 0.3 is 6.18 Å². The number of aliphatic hydroxyl groups is 1. The first kappa shape index (κ1) is 27.3. The second kappa shape index (κ2) is 10.6. The van der Waals surface area contributed by atoms with Crippen LogP contribution in [0.2, 0.25) is 0 Å². The quantitative estimate of drug-likeness (QED) is 0.171. The van der Waals surface area contributed by atoms with Crippen molar-refractivity contribution in [3.8, 4) is 22.4 Å². The van der Waals surface area contributed by atoms with Crippen molar-refractivity contribution >= 4 is 0 Å². The second-order valence-corrected chi connectivity index (χ2v) is 8.16. The minimum atomic E-state index is -4.56. The summed E-state index contributed by atoms with van der Waals surface area (Å²) in [6, 6.07) is 24.6. The average Bonchev–Trinajstić information content (AvgIpc) is 3.49. The molecule has 0 saturated carbocycles. The van der Waals surface area contributed by atoms with E-state index in [9.17, 15) is 27.1 Å². The number of aromatic nitrogens is 3. The van der Waals surface area contributed by atoms with Crippen LogP contribution in [-0.2, 0) is 32.0 Å². The second-order valence-electron chi connectivity index (χ2n) is 8.16. The zero-order chi connectivity index (χ0) is 26.2. The molecule has 4 nitrogen and oxygen atoms in total. The molecule has 1 aliphatic rings. The molecule has 0 unspecified atom stereocenters. The number of rotatable bonds is 2. The first-order valence-electron chi connectivity index (χ1n) is 11.0. The van der Waals surface area contributed by atoms with E-state index in [1.807, 2.05) is 24.3 Å². The van der Waals surface area contributed by atoms with Gasteiger partial charge in [0.2, 0.25) is 5.72 Å². The molecule has 0 spiro atoms. The van der Waals surface area contributed by atoms with Gasteiger partial charge in [-0.2, -0.15) is 18.3 Å². The van der Waals surface area contributed by atoms with Crippen LogP contribution in [0.15, 0.2) is 97.3 Å². The summed E-state index contributed by atoms with van der Waals surface area (Å²) in [7, 11) is 0. The number of hydrogen-bond acceptors (Lipinski definition) is 3. The van der Waals surface area contributed by atoms with Crippen LogP contribution >= 0.6 is 0 Å². The fraction of sp³-hybridized carbons (Fsp3) is 0.0714. The molecule has 3 aromatic carbocycles. The molecule has 6 rings (SSSR count). The van der Waals surface area contributed by atoms with E-state index in [0.29, 0.717) is 16.8 Å². The van der Waals surface area contributed by atoms with Gasteiger partial charge in [0.1, 0.15) is 0 Å². The topological polar surface area (TPSA) is 50.9 Å². The molecule has 0 amide bonds. The number of halogens is 5. The summed E-state index contributed by atoms with van der Waals surface area (Å²) in [4.78, 5) is 3.95. The van der Waals surface area contributed by atoms with Gasteiger partial charge in [-0.15, -0.1) is 12.1 Å². The third-order valence-corrected chi connectivity index (χ3v) is 5.89. The van der Waals surface area contributed by atoms with Crippen LogP contribution in [0.25, 0.3) is 22.4 Å². The van der Waals surface area contributed by atoms with Crippen molar-refractivity contribution in [1.82, 2.24) is 14.8 Å². The van der Waals surface area contributed by atoms with E-state index in [1.54, 1.807) is 48.7 Å². The molecule has 2 aromatic heterocycles.